The van der Waals surface area contributed by atoms with Gasteiger partial charge in [-0.2, -0.15) is 0 Å². The highest BCUT2D eigenvalue weighted by Crippen LogP contribution is 2.07. The van der Waals surface area contributed by atoms with Crippen molar-refractivity contribution in [2.45, 2.75) is 26.3 Å². The molecule has 0 fully saturated rings. The molecule has 0 aromatic rings. The van der Waals surface area contributed by atoms with E-state index >= 15 is 0 Å². The van der Waals surface area contributed by atoms with Crippen LogP contribution in [0.4, 0.5) is 0 Å². The Bertz CT molecular complexity index is 316. The predicted octanol–water partition coefficient (Wildman–Crippen LogP) is -0.000930. The summed E-state index contributed by atoms with van der Waals surface area (Å²) in [5, 5.41) is 7.12. The Morgan fingerprint density at radius 1 is 1.56 bits per heavy atom. The third-order valence-corrected chi connectivity index (χ3v) is 4.18. The van der Waals surface area contributed by atoms with Crippen LogP contribution in [0, 0.1) is 5.41 Å². The molecule has 0 aliphatic heterocycles. The van der Waals surface area contributed by atoms with E-state index < -0.39 is 10.0 Å². The van der Waals surface area contributed by atoms with Crippen molar-refractivity contribution in [1.82, 2.24) is 4.31 Å². The molecule has 0 aromatic carbocycles. The molecule has 16 heavy (non-hydrogen) atoms. The normalized spacial score (nSPS) is 14.0. The number of hydrogen-bond acceptors (Lipinski definition) is 4. The summed E-state index contributed by atoms with van der Waals surface area (Å²) in [6.45, 7) is 4.23. The molecule has 0 rings (SSSR count). The lowest BCUT2D eigenvalue weighted by Crippen LogP contribution is -2.39. The van der Waals surface area contributed by atoms with Crippen molar-refractivity contribution < 1.29 is 13.2 Å². The zero-order valence-corrected chi connectivity index (χ0v) is 10.9. The van der Waals surface area contributed by atoms with Crippen LogP contribution in [0.25, 0.3) is 0 Å². The summed E-state index contributed by atoms with van der Waals surface area (Å²) in [5.74, 6) is -0.0566. The fourth-order valence-electron chi connectivity index (χ4n) is 1.17. The molecular weight excluding hydrogens is 230 g/mol. The highest BCUT2D eigenvalue weighted by molar-refractivity contribution is 7.89. The summed E-state index contributed by atoms with van der Waals surface area (Å²) in [4.78, 5) is 0. The molecule has 0 aliphatic carbocycles. The fourth-order valence-corrected chi connectivity index (χ4v) is 2.41. The largest absolute Gasteiger partial charge is 0.388 e. The van der Waals surface area contributed by atoms with Gasteiger partial charge >= 0.3 is 0 Å². The van der Waals surface area contributed by atoms with E-state index in [2.05, 4.69) is 0 Å². The molecule has 0 spiro atoms. The van der Waals surface area contributed by atoms with Crippen molar-refractivity contribution in [2.24, 2.45) is 5.73 Å². The van der Waals surface area contributed by atoms with Gasteiger partial charge in [0.25, 0.3) is 0 Å². The molecule has 1 atom stereocenters. The molecule has 0 saturated carbocycles. The van der Waals surface area contributed by atoms with Crippen molar-refractivity contribution in [3.05, 3.63) is 0 Å². The van der Waals surface area contributed by atoms with Crippen LogP contribution in [0.2, 0.25) is 0 Å². The van der Waals surface area contributed by atoms with Gasteiger partial charge in [-0.15, -0.1) is 0 Å². The standard InChI is InChI=1S/C9H21N3O3S/c1-4-15-5-6-16(13,14)12(3)8(2)7-9(10)11/h8H,4-7H2,1-3H3,(H3,10,11). The Labute approximate surface area is 97.3 Å². The van der Waals surface area contributed by atoms with Crippen LogP contribution in [0.1, 0.15) is 20.3 Å². The highest BCUT2D eigenvalue weighted by Gasteiger charge is 2.23. The molecule has 3 N–H and O–H groups in total. The highest BCUT2D eigenvalue weighted by atomic mass is 32.2. The first-order valence-electron chi connectivity index (χ1n) is 5.17. The quantitative estimate of drug-likeness (QED) is 0.360. The van der Waals surface area contributed by atoms with Crippen molar-refractivity contribution in [1.29, 1.82) is 5.41 Å². The topological polar surface area (TPSA) is 96.5 Å². The molecule has 0 radical (unpaired) electrons. The first-order valence-corrected chi connectivity index (χ1v) is 6.78. The van der Waals surface area contributed by atoms with E-state index in [1.165, 1.54) is 11.4 Å². The van der Waals surface area contributed by atoms with Gasteiger partial charge in [0.05, 0.1) is 18.2 Å². The third-order valence-electron chi connectivity index (χ3n) is 2.26. The maximum absolute atomic E-state index is 11.8. The molecule has 0 aliphatic rings. The summed E-state index contributed by atoms with van der Waals surface area (Å²) in [6.07, 6.45) is 0.240. The van der Waals surface area contributed by atoms with Crippen LogP contribution < -0.4 is 5.73 Å². The smallest absolute Gasteiger partial charge is 0.216 e. The summed E-state index contributed by atoms with van der Waals surface area (Å²) >= 11 is 0. The van der Waals surface area contributed by atoms with Crippen molar-refractivity contribution in [3.63, 3.8) is 0 Å². The Kier molecular flexibility index (Phi) is 6.54. The van der Waals surface area contributed by atoms with Crippen LogP contribution in [-0.4, -0.2) is 50.6 Å². The Balaban J connectivity index is 4.33. The zero-order chi connectivity index (χ0) is 12.8. The zero-order valence-electron chi connectivity index (χ0n) is 10.1. The van der Waals surface area contributed by atoms with E-state index in [-0.39, 0.29) is 30.7 Å². The van der Waals surface area contributed by atoms with Gasteiger partial charge in [0.1, 0.15) is 0 Å². The van der Waals surface area contributed by atoms with Crippen molar-refractivity contribution in [2.75, 3.05) is 26.0 Å². The third kappa shape index (κ3) is 5.43. The first kappa shape index (κ1) is 15.3. The Morgan fingerprint density at radius 3 is 2.56 bits per heavy atom. The average molecular weight is 251 g/mol. The number of nitrogens with zero attached hydrogens (tertiary/aromatic N) is 1. The number of hydrogen-bond donors (Lipinski definition) is 2. The van der Waals surface area contributed by atoms with Gasteiger partial charge < -0.3 is 10.5 Å². The van der Waals surface area contributed by atoms with Crippen LogP contribution in [-0.2, 0) is 14.8 Å². The fraction of sp³-hybridized carbons (Fsp3) is 0.889. The van der Waals surface area contributed by atoms with E-state index in [1.807, 2.05) is 6.92 Å². The molecule has 0 heterocycles. The minimum absolute atomic E-state index is 0.0145. The number of sulfonamides is 1. The maximum atomic E-state index is 11.8. The van der Waals surface area contributed by atoms with Gasteiger partial charge in [0.2, 0.25) is 10.0 Å². The van der Waals surface area contributed by atoms with E-state index in [1.54, 1.807) is 6.92 Å². The monoisotopic (exact) mass is 251 g/mol. The van der Waals surface area contributed by atoms with Gasteiger partial charge in [-0.1, -0.05) is 0 Å². The second kappa shape index (κ2) is 6.82. The van der Waals surface area contributed by atoms with Crippen molar-refractivity contribution in [3.8, 4) is 0 Å². The Morgan fingerprint density at radius 2 is 2.12 bits per heavy atom. The molecule has 7 heteroatoms. The molecule has 0 amide bonds. The molecule has 6 nitrogen and oxygen atoms in total. The minimum atomic E-state index is -3.32. The summed E-state index contributed by atoms with van der Waals surface area (Å²) in [6, 6.07) is -0.302. The van der Waals surface area contributed by atoms with Crippen LogP contribution in [0.3, 0.4) is 0 Å². The predicted molar refractivity (Wildman–Crippen MR) is 64.0 cm³/mol. The lowest BCUT2D eigenvalue weighted by molar-refractivity contribution is 0.162. The number of rotatable bonds is 8. The molecule has 0 saturated heterocycles. The molecule has 1 unspecified atom stereocenters. The van der Waals surface area contributed by atoms with Gasteiger partial charge in [0.15, 0.2) is 0 Å². The SMILES string of the molecule is CCOCCS(=O)(=O)N(C)C(C)CC(=N)N. The number of nitrogens with two attached hydrogens (primary N) is 1. The average Bonchev–Trinajstić information content (AvgIpc) is 2.15. The van der Waals surface area contributed by atoms with Gasteiger partial charge in [-0.05, 0) is 13.8 Å². The van der Waals surface area contributed by atoms with E-state index in [9.17, 15) is 8.42 Å². The molecular formula is C9H21N3O3S. The van der Waals surface area contributed by atoms with Crippen LogP contribution in [0.5, 0.6) is 0 Å². The summed E-state index contributed by atoms with van der Waals surface area (Å²) in [5.41, 5.74) is 5.23. The van der Waals surface area contributed by atoms with Gasteiger partial charge in [-0.25, -0.2) is 12.7 Å². The van der Waals surface area contributed by atoms with Crippen LogP contribution in [0.15, 0.2) is 0 Å². The Hall–Kier alpha value is -0.660. The first-order chi connectivity index (χ1) is 7.31. The number of nitrogens with one attached hydrogen (secondary N) is 1. The lowest BCUT2D eigenvalue weighted by atomic mass is 10.2. The number of amidine groups is 1. The van der Waals surface area contributed by atoms with Gasteiger partial charge in [-0.3, -0.25) is 5.41 Å². The van der Waals surface area contributed by atoms with Crippen molar-refractivity contribution >= 4 is 15.9 Å². The summed E-state index contributed by atoms with van der Waals surface area (Å²) in [7, 11) is -1.83. The molecule has 96 valence electrons. The second-order valence-corrected chi connectivity index (χ2v) is 5.76. The van der Waals surface area contributed by atoms with Crippen LogP contribution >= 0.6 is 0 Å². The van der Waals surface area contributed by atoms with E-state index in [4.69, 9.17) is 15.9 Å². The minimum Gasteiger partial charge on any atom is -0.388 e. The molecule has 0 aromatic heterocycles. The summed E-state index contributed by atoms with van der Waals surface area (Å²) < 4.78 is 29.8. The lowest BCUT2D eigenvalue weighted by Gasteiger charge is -2.23. The maximum Gasteiger partial charge on any atom is 0.216 e. The van der Waals surface area contributed by atoms with E-state index in [0.29, 0.717) is 6.61 Å². The molecule has 0 bridgehead atoms. The second-order valence-electron chi connectivity index (χ2n) is 3.61. The van der Waals surface area contributed by atoms with Gasteiger partial charge in [0, 0.05) is 26.1 Å². The number of ether oxygens (including phenoxy) is 1. The van der Waals surface area contributed by atoms with E-state index in [0.717, 1.165) is 0 Å².